The molecule has 1 saturated heterocycles. The molecule has 1 fully saturated rings. The van der Waals surface area contributed by atoms with Crippen LogP contribution in [0.15, 0.2) is 45.9 Å². The second-order valence-corrected chi connectivity index (χ2v) is 9.64. The molecule has 1 aromatic heterocycles. The smallest absolute Gasteiger partial charge is 0.243 e. The first-order valence-electron chi connectivity index (χ1n) is 10.1. The number of rotatable bonds is 6. The summed E-state index contributed by atoms with van der Waals surface area (Å²) >= 11 is 0. The first-order valence-corrected chi connectivity index (χ1v) is 11.6. The number of amides is 1. The summed E-state index contributed by atoms with van der Waals surface area (Å²) in [7, 11) is -3.50. The van der Waals surface area contributed by atoms with Gasteiger partial charge in [-0.3, -0.25) is 9.69 Å². The van der Waals surface area contributed by atoms with Crippen molar-refractivity contribution in [3.8, 4) is 0 Å². The quantitative estimate of drug-likeness (QED) is 0.775. The van der Waals surface area contributed by atoms with E-state index >= 15 is 0 Å². The van der Waals surface area contributed by atoms with Gasteiger partial charge >= 0.3 is 0 Å². The summed E-state index contributed by atoms with van der Waals surface area (Å²) in [6, 6.07) is 8.80. The van der Waals surface area contributed by atoms with Crippen molar-refractivity contribution in [3.05, 3.63) is 53.5 Å². The molecule has 0 bridgehead atoms. The molecule has 2 aliphatic rings. The van der Waals surface area contributed by atoms with Gasteiger partial charge in [0, 0.05) is 26.2 Å². The van der Waals surface area contributed by atoms with E-state index in [1.807, 2.05) is 30.0 Å². The van der Waals surface area contributed by atoms with Crippen LogP contribution < -0.4 is 5.32 Å². The van der Waals surface area contributed by atoms with Crippen molar-refractivity contribution in [1.82, 2.24) is 14.5 Å². The molecule has 1 unspecified atom stereocenters. The minimum atomic E-state index is -3.50. The van der Waals surface area contributed by atoms with Gasteiger partial charge in [0.05, 0.1) is 23.7 Å². The van der Waals surface area contributed by atoms with Crippen molar-refractivity contribution in [1.29, 1.82) is 0 Å². The normalized spacial score (nSPS) is 19.1. The van der Waals surface area contributed by atoms with Crippen LogP contribution in [0.1, 0.15) is 30.2 Å². The van der Waals surface area contributed by atoms with Crippen LogP contribution in [0.3, 0.4) is 0 Å². The van der Waals surface area contributed by atoms with Crippen LogP contribution in [0.5, 0.6) is 0 Å². The standard InChI is InChI=1S/C21H27N3O4S/c1-16(21(25)22-15-19-6-3-13-28-19)23-9-11-24(12-10-23)29(26,27)20-8-7-17-4-2-5-18(17)14-20/h3,6-8,13-14,16H,2,4-5,9-12,15H2,1H3,(H,22,25). The number of nitrogens with one attached hydrogen (secondary N) is 1. The Balaban J connectivity index is 1.34. The van der Waals surface area contributed by atoms with Crippen LogP contribution in [-0.4, -0.2) is 55.8 Å². The molecule has 7 nitrogen and oxygen atoms in total. The Morgan fingerprint density at radius 3 is 2.62 bits per heavy atom. The molecule has 2 heterocycles. The van der Waals surface area contributed by atoms with Gasteiger partial charge in [0.2, 0.25) is 15.9 Å². The molecule has 0 saturated carbocycles. The predicted octanol–water partition coefficient (Wildman–Crippen LogP) is 1.78. The average Bonchev–Trinajstić information content (AvgIpc) is 3.42. The van der Waals surface area contributed by atoms with Gasteiger partial charge in [-0.1, -0.05) is 6.07 Å². The highest BCUT2D eigenvalue weighted by Crippen LogP contribution is 2.26. The third-order valence-electron chi connectivity index (χ3n) is 5.93. The van der Waals surface area contributed by atoms with E-state index in [9.17, 15) is 13.2 Å². The molecule has 1 aliphatic heterocycles. The Kier molecular flexibility index (Phi) is 5.76. The first-order chi connectivity index (χ1) is 13.9. The molecule has 0 spiro atoms. The number of aryl methyl sites for hydroxylation is 2. The zero-order chi connectivity index (χ0) is 20.4. The van der Waals surface area contributed by atoms with Crippen LogP contribution in [0, 0.1) is 0 Å². The topological polar surface area (TPSA) is 82.9 Å². The van der Waals surface area contributed by atoms with Gasteiger partial charge in [0.1, 0.15) is 5.76 Å². The molecule has 1 N–H and O–H groups in total. The molecule has 1 amide bonds. The van der Waals surface area contributed by atoms with Crippen molar-refractivity contribution in [2.24, 2.45) is 0 Å². The molecule has 1 aliphatic carbocycles. The number of carbonyl (C=O) groups excluding carboxylic acids is 1. The summed E-state index contributed by atoms with van der Waals surface area (Å²) in [5, 5.41) is 2.87. The van der Waals surface area contributed by atoms with Gasteiger partial charge in [-0.05, 0) is 61.6 Å². The fourth-order valence-corrected chi connectivity index (χ4v) is 5.56. The van der Waals surface area contributed by atoms with Crippen molar-refractivity contribution in [2.45, 2.75) is 43.7 Å². The fraction of sp³-hybridized carbons (Fsp3) is 0.476. The molecule has 1 aromatic carbocycles. The molecule has 0 radical (unpaired) electrons. The Labute approximate surface area is 171 Å². The van der Waals surface area contributed by atoms with Crippen molar-refractivity contribution < 1.29 is 17.6 Å². The molecular weight excluding hydrogens is 390 g/mol. The number of hydrogen-bond donors (Lipinski definition) is 1. The van der Waals surface area contributed by atoms with E-state index in [0.29, 0.717) is 43.4 Å². The maximum atomic E-state index is 13.0. The summed E-state index contributed by atoms with van der Waals surface area (Å²) in [5.41, 5.74) is 2.43. The number of fused-ring (bicyclic) bond motifs is 1. The molecule has 2 aromatic rings. The van der Waals surface area contributed by atoms with Gasteiger partial charge < -0.3 is 9.73 Å². The number of furan rings is 1. The SMILES string of the molecule is CC(C(=O)NCc1ccco1)N1CCN(S(=O)(=O)c2ccc3c(c2)CCC3)CC1. The summed E-state index contributed by atoms with van der Waals surface area (Å²) in [6.45, 7) is 4.02. The summed E-state index contributed by atoms with van der Waals surface area (Å²) < 4.78 is 32.9. The zero-order valence-corrected chi connectivity index (χ0v) is 17.5. The highest BCUT2D eigenvalue weighted by atomic mass is 32.2. The number of piperazine rings is 1. The molecule has 1 atom stereocenters. The number of hydrogen-bond acceptors (Lipinski definition) is 5. The van der Waals surface area contributed by atoms with Gasteiger partial charge in [-0.25, -0.2) is 8.42 Å². The molecule has 8 heteroatoms. The van der Waals surface area contributed by atoms with E-state index in [-0.39, 0.29) is 11.9 Å². The number of benzene rings is 1. The lowest BCUT2D eigenvalue weighted by molar-refractivity contribution is -0.126. The Morgan fingerprint density at radius 1 is 1.14 bits per heavy atom. The highest BCUT2D eigenvalue weighted by Gasteiger charge is 2.32. The Hall–Kier alpha value is -2.16. The fourth-order valence-electron chi connectivity index (χ4n) is 4.09. The van der Waals surface area contributed by atoms with E-state index in [0.717, 1.165) is 24.8 Å². The van der Waals surface area contributed by atoms with Crippen molar-refractivity contribution in [2.75, 3.05) is 26.2 Å². The van der Waals surface area contributed by atoms with Gasteiger partial charge in [-0.15, -0.1) is 0 Å². The Bertz CT molecular complexity index is 964. The van der Waals surface area contributed by atoms with Crippen LogP contribution in [0.2, 0.25) is 0 Å². The second kappa shape index (κ2) is 8.30. The minimum absolute atomic E-state index is 0.0867. The lowest BCUT2D eigenvalue weighted by Crippen LogP contribution is -2.54. The van der Waals surface area contributed by atoms with Gasteiger partial charge in [-0.2, -0.15) is 4.31 Å². The third kappa shape index (κ3) is 4.24. The largest absolute Gasteiger partial charge is 0.467 e. The average molecular weight is 418 g/mol. The van der Waals surface area contributed by atoms with Crippen LogP contribution >= 0.6 is 0 Å². The van der Waals surface area contributed by atoms with Crippen molar-refractivity contribution >= 4 is 15.9 Å². The van der Waals surface area contributed by atoms with Gasteiger partial charge in [0.15, 0.2) is 0 Å². The molecular formula is C21H27N3O4S. The second-order valence-electron chi connectivity index (χ2n) is 7.70. The van der Waals surface area contributed by atoms with Crippen molar-refractivity contribution in [3.63, 3.8) is 0 Å². The minimum Gasteiger partial charge on any atom is -0.467 e. The van der Waals surface area contributed by atoms with E-state index < -0.39 is 10.0 Å². The maximum Gasteiger partial charge on any atom is 0.243 e. The highest BCUT2D eigenvalue weighted by molar-refractivity contribution is 7.89. The summed E-state index contributed by atoms with van der Waals surface area (Å²) in [5.74, 6) is 0.618. The predicted molar refractivity (Wildman–Crippen MR) is 109 cm³/mol. The van der Waals surface area contributed by atoms with Crippen LogP contribution in [0.4, 0.5) is 0 Å². The summed E-state index contributed by atoms with van der Waals surface area (Å²) in [4.78, 5) is 14.8. The first kappa shape index (κ1) is 20.1. The zero-order valence-electron chi connectivity index (χ0n) is 16.6. The monoisotopic (exact) mass is 417 g/mol. The molecule has 29 heavy (non-hydrogen) atoms. The van der Waals surface area contributed by atoms with Crippen LogP contribution in [-0.2, 0) is 34.2 Å². The van der Waals surface area contributed by atoms with E-state index in [1.165, 1.54) is 9.87 Å². The van der Waals surface area contributed by atoms with Crippen LogP contribution in [0.25, 0.3) is 0 Å². The Morgan fingerprint density at radius 2 is 1.90 bits per heavy atom. The lowest BCUT2D eigenvalue weighted by atomic mass is 10.1. The third-order valence-corrected chi connectivity index (χ3v) is 7.82. The van der Waals surface area contributed by atoms with E-state index in [4.69, 9.17) is 4.42 Å². The summed E-state index contributed by atoms with van der Waals surface area (Å²) in [6.07, 6.45) is 4.66. The number of carbonyl (C=O) groups is 1. The molecule has 156 valence electrons. The number of sulfonamides is 1. The van der Waals surface area contributed by atoms with Gasteiger partial charge in [0.25, 0.3) is 0 Å². The van der Waals surface area contributed by atoms with E-state index in [1.54, 1.807) is 18.4 Å². The number of nitrogens with zero attached hydrogens (tertiary/aromatic N) is 2. The molecule has 4 rings (SSSR count). The maximum absolute atomic E-state index is 13.0. The van der Waals surface area contributed by atoms with E-state index in [2.05, 4.69) is 5.32 Å². The lowest BCUT2D eigenvalue weighted by Gasteiger charge is -2.36.